The lowest BCUT2D eigenvalue weighted by Gasteiger charge is -2.04. The minimum Gasteiger partial charge on any atom is -0.317 e. The summed E-state index contributed by atoms with van der Waals surface area (Å²) in [6, 6.07) is 0. The molecule has 0 aliphatic rings. The van der Waals surface area contributed by atoms with Crippen molar-refractivity contribution in [3.8, 4) is 0 Å². The van der Waals surface area contributed by atoms with E-state index >= 15 is 0 Å². The molecule has 0 aliphatic heterocycles. The van der Waals surface area contributed by atoms with E-state index < -0.39 is 0 Å². The van der Waals surface area contributed by atoms with Crippen LogP contribution >= 0.6 is 0 Å². The maximum Gasteiger partial charge on any atom is -0.00368 e. The van der Waals surface area contributed by atoms with Gasteiger partial charge in [0.2, 0.25) is 0 Å². The monoisotopic (exact) mass is 185 g/mol. The highest BCUT2D eigenvalue weighted by molar-refractivity contribution is 4.52. The van der Waals surface area contributed by atoms with E-state index in [9.17, 15) is 0 Å². The van der Waals surface area contributed by atoms with Gasteiger partial charge in [-0.25, -0.2) is 0 Å². The van der Waals surface area contributed by atoms with Gasteiger partial charge in [0.15, 0.2) is 0 Å². The molecule has 0 aliphatic carbocycles. The Balaban J connectivity index is 2.76. The molecule has 2 heteroatoms. The van der Waals surface area contributed by atoms with Crippen LogP contribution in [-0.2, 0) is 0 Å². The van der Waals surface area contributed by atoms with E-state index in [1.54, 1.807) is 0 Å². The van der Waals surface area contributed by atoms with Crippen LogP contribution in [0.1, 0.15) is 39.0 Å². The fourth-order valence-electron chi connectivity index (χ4n) is 1.24. The standard InChI is InChI=1S/C11H25N2/c1-3-5-6-7-9-13-11-8-10-12-4-2/h12-13H,1,3-11H2,2H3. The topological polar surface area (TPSA) is 24.1 Å². The van der Waals surface area contributed by atoms with Crippen LogP contribution in [0.4, 0.5) is 0 Å². The summed E-state index contributed by atoms with van der Waals surface area (Å²) in [6.45, 7) is 10.5. The molecule has 0 rings (SSSR count). The van der Waals surface area contributed by atoms with E-state index in [0.29, 0.717) is 0 Å². The van der Waals surface area contributed by atoms with Crippen molar-refractivity contribution in [3.63, 3.8) is 0 Å². The van der Waals surface area contributed by atoms with Crippen LogP contribution < -0.4 is 10.6 Å². The van der Waals surface area contributed by atoms with Crippen LogP contribution in [0, 0.1) is 6.92 Å². The lowest BCUT2D eigenvalue weighted by Crippen LogP contribution is -2.22. The summed E-state index contributed by atoms with van der Waals surface area (Å²) < 4.78 is 0. The first-order chi connectivity index (χ1) is 6.41. The van der Waals surface area contributed by atoms with Crippen LogP contribution in [0.3, 0.4) is 0 Å². The summed E-state index contributed by atoms with van der Waals surface area (Å²) in [5.41, 5.74) is 0. The van der Waals surface area contributed by atoms with Crippen LogP contribution in [0.25, 0.3) is 0 Å². The molecule has 0 saturated heterocycles. The minimum absolute atomic E-state index is 1.08. The van der Waals surface area contributed by atoms with Crippen molar-refractivity contribution < 1.29 is 0 Å². The molecule has 0 heterocycles. The molecule has 0 aromatic rings. The first kappa shape index (κ1) is 12.9. The summed E-state index contributed by atoms with van der Waals surface area (Å²) in [4.78, 5) is 0. The molecule has 1 radical (unpaired) electrons. The Labute approximate surface area is 83.5 Å². The van der Waals surface area contributed by atoms with Crippen LogP contribution in [-0.4, -0.2) is 26.2 Å². The average molecular weight is 185 g/mol. The lowest BCUT2D eigenvalue weighted by atomic mass is 10.2. The molecule has 79 valence electrons. The number of rotatable bonds is 10. The first-order valence-electron chi connectivity index (χ1n) is 5.62. The predicted octanol–water partition coefficient (Wildman–Crippen LogP) is 1.97. The fraction of sp³-hybridized carbons (Fsp3) is 0.909. The van der Waals surface area contributed by atoms with E-state index in [0.717, 1.165) is 26.1 Å². The quantitative estimate of drug-likeness (QED) is 0.508. The van der Waals surface area contributed by atoms with Gasteiger partial charge in [-0.15, -0.1) is 0 Å². The van der Waals surface area contributed by atoms with Gasteiger partial charge in [-0.2, -0.15) is 0 Å². The molecule has 0 atom stereocenters. The lowest BCUT2D eigenvalue weighted by molar-refractivity contribution is 0.573. The van der Waals surface area contributed by atoms with Gasteiger partial charge >= 0.3 is 0 Å². The Morgan fingerprint density at radius 2 is 1.54 bits per heavy atom. The van der Waals surface area contributed by atoms with Gasteiger partial charge in [0.25, 0.3) is 0 Å². The third-order valence-corrected chi connectivity index (χ3v) is 2.06. The summed E-state index contributed by atoms with van der Waals surface area (Å²) >= 11 is 0. The van der Waals surface area contributed by atoms with Crippen molar-refractivity contribution in [1.29, 1.82) is 0 Å². The molecule has 0 bridgehead atoms. The average Bonchev–Trinajstić information content (AvgIpc) is 2.16. The van der Waals surface area contributed by atoms with Crippen LogP contribution in [0.15, 0.2) is 0 Å². The molecule has 0 aromatic heterocycles. The van der Waals surface area contributed by atoms with Gasteiger partial charge in [0.1, 0.15) is 0 Å². The Morgan fingerprint density at radius 3 is 2.23 bits per heavy atom. The van der Waals surface area contributed by atoms with Crippen molar-refractivity contribution >= 4 is 0 Å². The molecule has 0 spiro atoms. The predicted molar refractivity (Wildman–Crippen MR) is 59.9 cm³/mol. The summed E-state index contributed by atoms with van der Waals surface area (Å²) in [7, 11) is 0. The second-order valence-electron chi connectivity index (χ2n) is 3.37. The number of hydrogen-bond acceptors (Lipinski definition) is 2. The zero-order valence-corrected chi connectivity index (χ0v) is 9.07. The van der Waals surface area contributed by atoms with E-state index in [-0.39, 0.29) is 0 Å². The molecule has 13 heavy (non-hydrogen) atoms. The SMILES string of the molecule is [CH2]CCCCCNCCCNCC. The number of hydrogen-bond donors (Lipinski definition) is 2. The second kappa shape index (κ2) is 11.9. The van der Waals surface area contributed by atoms with Crippen molar-refractivity contribution in [2.24, 2.45) is 0 Å². The maximum absolute atomic E-state index is 3.82. The Kier molecular flexibility index (Phi) is 11.8. The Morgan fingerprint density at radius 1 is 0.846 bits per heavy atom. The summed E-state index contributed by atoms with van der Waals surface area (Å²) in [5, 5.41) is 6.75. The first-order valence-corrected chi connectivity index (χ1v) is 5.62. The highest BCUT2D eigenvalue weighted by atomic mass is 14.9. The molecule has 0 amide bonds. The largest absolute Gasteiger partial charge is 0.317 e. The minimum atomic E-state index is 1.08. The molecule has 2 nitrogen and oxygen atoms in total. The molecular weight excluding hydrogens is 160 g/mol. The number of unbranched alkanes of at least 4 members (excludes halogenated alkanes) is 3. The number of nitrogens with one attached hydrogen (secondary N) is 2. The van der Waals surface area contributed by atoms with Gasteiger partial charge in [-0.3, -0.25) is 0 Å². The highest BCUT2D eigenvalue weighted by Gasteiger charge is 1.88. The van der Waals surface area contributed by atoms with Crippen molar-refractivity contribution in [2.75, 3.05) is 26.2 Å². The van der Waals surface area contributed by atoms with Crippen molar-refractivity contribution in [1.82, 2.24) is 10.6 Å². The Hall–Kier alpha value is -0.0800. The third kappa shape index (κ3) is 11.9. The van der Waals surface area contributed by atoms with E-state index in [2.05, 4.69) is 24.5 Å². The highest BCUT2D eigenvalue weighted by Crippen LogP contribution is 1.96. The maximum atomic E-state index is 3.82. The zero-order chi connectivity index (χ0) is 9.78. The molecule has 0 saturated carbocycles. The molecule has 0 unspecified atom stereocenters. The molecule has 0 aromatic carbocycles. The Bertz CT molecular complexity index is 74.2. The van der Waals surface area contributed by atoms with Gasteiger partial charge in [-0.05, 0) is 39.0 Å². The summed E-state index contributed by atoms with van der Waals surface area (Å²) in [6.07, 6.45) is 6.23. The van der Waals surface area contributed by atoms with E-state index in [1.165, 1.54) is 32.2 Å². The van der Waals surface area contributed by atoms with E-state index in [1.807, 2.05) is 0 Å². The smallest absolute Gasteiger partial charge is 0.00368 e. The molecular formula is C11H25N2. The normalized spacial score (nSPS) is 10.6. The second-order valence-corrected chi connectivity index (χ2v) is 3.37. The van der Waals surface area contributed by atoms with Gasteiger partial charge in [0.05, 0.1) is 0 Å². The van der Waals surface area contributed by atoms with Gasteiger partial charge in [0, 0.05) is 0 Å². The fourth-order valence-corrected chi connectivity index (χ4v) is 1.24. The van der Waals surface area contributed by atoms with Crippen molar-refractivity contribution in [2.45, 2.75) is 39.0 Å². The van der Waals surface area contributed by atoms with Crippen molar-refractivity contribution in [3.05, 3.63) is 6.92 Å². The molecule has 0 fully saturated rings. The van der Waals surface area contributed by atoms with Crippen LogP contribution in [0.5, 0.6) is 0 Å². The summed E-state index contributed by atoms with van der Waals surface area (Å²) in [5.74, 6) is 0. The molecule has 2 N–H and O–H groups in total. The van der Waals surface area contributed by atoms with Gasteiger partial charge < -0.3 is 10.6 Å². The third-order valence-electron chi connectivity index (χ3n) is 2.06. The van der Waals surface area contributed by atoms with Gasteiger partial charge in [-0.1, -0.05) is 33.1 Å². The van der Waals surface area contributed by atoms with E-state index in [4.69, 9.17) is 0 Å². The van der Waals surface area contributed by atoms with Crippen LogP contribution in [0.2, 0.25) is 0 Å². The zero-order valence-electron chi connectivity index (χ0n) is 9.07.